The predicted molar refractivity (Wildman–Crippen MR) is 121 cm³/mol. The van der Waals surface area contributed by atoms with Gasteiger partial charge in [-0.05, 0) is 24.0 Å². The Morgan fingerprint density at radius 3 is 2.39 bits per heavy atom. The Labute approximate surface area is 184 Å². The number of anilines is 3. The number of aromatic hydroxyl groups is 1. The molecule has 0 aliphatic rings. The predicted octanol–water partition coefficient (Wildman–Crippen LogP) is 3.32. The topological polar surface area (TPSA) is 129 Å². The van der Waals surface area contributed by atoms with E-state index in [-0.39, 0.29) is 33.2 Å². The van der Waals surface area contributed by atoms with Crippen LogP contribution in [0.4, 0.5) is 17.1 Å². The Balaban J connectivity index is 1.88. The number of hydrogen-bond donors (Lipinski definition) is 3. The molecule has 11 heteroatoms. The second-order valence-electron chi connectivity index (χ2n) is 7.65. The number of hydrogen-bond acceptors (Lipinski definition) is 9. The molecule has 0 spiro atoms. The van der Waals surface area contributed by atoms with Gasteiger partial charge in [0.15, 0.2) is 9.96 Å². The third-order valence-corrected chi connectivity index (χ3v) is 8.30. The number of thiophene rings is 1. The Kier molecular flexibility index (Phi) is 6.30. The largest absolute Gasteiger partial charge is 0.504 e. The SMILES string of the molecule is CC[C@@H](Nc1c(Nc2csc(S(=O)(=O)N(C)C)c2O)c(=O)c1=O)c1cc(C(C)C)co1. The van der Waals surface area contributed by atoms with Gasteiger partial charge in [0.1, 0.15) is 17.1 Å². The molecule has 31 heavy (non-hydrogen) atoms. The molecule has 0 saturated carbocycles. The number of sulfonamides is 1. The maximum atomic E-state index is 12.3. The highest BCUT2D eigenvalue weighted by Gasteiger charge is 2.29. The first-order valence-corrected chi connectivity index (χ1v) is 12.0. The van der Waals surface area contributed by atoms with E-state index in [0.29, 0.717) is 12.2 Å². The summed E-state index contributed by atoms with van der Waals surface area (Å²) in [5.74, 6) is 0.424. The third kappa shape index (κ3) is 4.12. The lowest BCUT2D eigenvalue weighted by Gasteiger charge is -2.20. The van der Waals surface area contributed by atoms with Crippen molar-refractivity contribution >= 4 is 38.4 Å². The standard InChI is InChI=1S/C20H25N3O6S2/c1-6-12(14-7-11(8-29-14)10(2)3)21-15-16(19(26)18(15)25)22-13-9-30-20(17(13)24)31(27,28)23(4)5/h7-10,12,21-22,24H,6H2,1-5H3/t12-/m1/s1. The van der Waals surface area contributed by atoms with Gasteiger partial charge in [-0.2, -0.15) is 0 Å². The van der Waals surface area contributed by atoms with Crippen LogP contribution in [0.5, 0.6) is 5.75 Å². The summed E-state index contributed by atoms with van der Waals surface area (Å²) in [5.41, 5.74) is -0.331. The number of nitrogens with zero attached hydrogens (tertiary/aromatic N) is 1. The van der Waals surface area contributed by atoms with Gasteiger partial charge in [-0.3, -0.25) is 9.59 Å². The molecule has 2 heterocycles. The first kappa shape index (κ1) is 23.0. The van der Waals surface area contributed by atoms with Crippen molar-refractivity contribution in [2.45, 2.75) is 43.4 Å². The molecule has 0 aliphatic heterocycles. The van der Waals surface area contributed by atoms with Crippen LogP contribution in [0.15, 0.2) is 35.9 Å². The molecule has 3 aromatic rings. The molecule has 0 bridgehead atoms. The summed E-state index contributed by atoms with van der Waals surface area (Å²) in [4.78, 5) is 24.4. The zero-order chi connectivity index (χ0) is 23.1. The van der Waals surface area contributed by atoms with Crippen LogP contribution >= 0.6 is 11.3 Å². The highest BCUT2D eigenvalue weighted by Crippen LogP contribution is 2.40. The van der Waals surface area contributed by atoms with Crippen molar-refractivity contribution in [1.29, 1.82) is 0 Å². The van der Waals surface area contributed by atoms with Crippen LogP contribution in [0, 0.1) is 0 Å². The average Bonchev–Trinajstić information content (AvgIpc) is 3.34. The van der Waals surface area contributed by atoms with Gasteiger partial charge in [-0.15, -0.1) is 11.3 Å². The van der Waals surface area contributed by atoms with Gasteiger partial charge in [-0.1, -0.05) is 20.8 Å². The minimum absolute atomic E-state index is 0.0269. The Morgan fingerprint density at radius 2 is 1.84 bits per heavy atom. The molecular formula is C20H25N3O6S2. The van der Waals surface area contributed by atoms with Gasteiger partial charge in [0.05, 0.1) is 18.0 Å². The van der Waals surface area contributed by atoms with E-state index in [2.05, 4.69) is 10.6 Å². The summed E-state index contributed by atoms with van der Waals surface area (Å²) in [6, 6.07) is 1.57. The highest BCUT2D eigenvalue weighted by molar-refractivity contribution is 7.91. The Morgan fingerprint density at radius 1 is 1.19 bits per heavy atom. The van der Waals surface area contributed by atoms with E-state index in [1.165, 1.54) is 19.5 Å². The zero-order valence-corrected chi connectivity index (χ0v) is 19.5. The summed E-state index contributed by atoms with van der Waals surface area (Å²) < 4.78 is 31.0. The van der Waals surface area contributed by atoms with Crippen LogP contribution in [0.2, 0.25) is 0 Å². The van der Waals surface area contributed by atoms with Crippen LogP contribution in [-0.2, 0) is 10.0 Å². The molecule has 0 radical (unpaired) electrons. The number of rotatable bonds is 9. The number of nitrogens with one attached hydrogen (secondary N) is 2. The van der Waals surface area contributed by atoms with Crippen LogP contribution in [-0.4, -0.2) is 31.9 Å². The van der Waals surface area contributed by atoms with Crippen LogP contribution in [0.3, 0.4) is 0 Å². The van der Waals surface area contributed by atoms with Gasteiger partial charge < -0.3 is 20.2 Å². The zero-order valence-electron chi connectivity index (χ0n) is 17.8. The molecule has 2 aromatic heterocycles. The fourth-order valence-corrected chi connectivity index (χ4v) is 5.34. The lowest BCUT2D eigenvalue weighted by molar-refractivity contribution is 0.460. The van der Waals surface area contributed by atoms with Gasteiger partial charge in [0.2, 0.25) is 0 Å². The van der Waals surface area contributed by atoms with E-state index in [1.54, 1.807) is 6.26 Å². The molecule has 0 unspecified atom stereocenters. The van der Waals surface area contributed by atoms with E-state index >= 15 is 0 Å². The first-order chi connectivity index (χ1) is 14.5. The van der Waals surface area contributed by atoms with Crippen molar-refractivity contribution in [3.63, 3.8) is 0 Å². The fourth-order valence-electron chi connectivity index (χ4n) is 2.96. The van der Waals surface area contributed by atoms with Crippen molar-refractivity contribution in [1.82, 2.24) is 4.31 Å². The van der Waals surface area contributed by atoms with Crippen LogP contribution in [0.25, 0.3) is 0 Å². The average molecular weight is 468 g/mol. The van der Waals surface area contributed by atoms with Gasteiger partial charge in [0, 0.05) is 19.5 Å². The van der Waals surface area contributed by atoms with Crippen molar-refractivity contribution in [3.05, 3.63) is 49.5 Å². The first-order valence-electron chi connectivity index (χ1n) is 9.67. The quantitative estimate of drug-likeness (QED) is 0.409. The van der Waals surface area contributed by atoms with Crippen molar-refractivity contribution in [2.75, 3.05) is 24.7 Å². The van der Waals surface area contributed by atoms with Gasteiger partial charge in [-0.25, -0.2) is 12.7 Å². The summed E-state index contributed by atoms with van der Waals surface area (Å²) >= 11 is 0.816. The van der Waals surface area contributed by atoms with E-state index in [0.717, 1.165) is 21.2 Å². The second kappa shape index (κ2) is 8.48. The normalized spacial score (nSPS) is 13.3. The molecule has 3 N–H and O–H groups in total. The molecule has 9 nitrogen and oxygen atoms in total. The maximum Gasteiger partial charge on any atom is 0.255 e. The molecule has 0 saturated heterocycles. The summed E-state index contributed by atoms with van der Waals surface area (Å²) in [6.07, 6.45) is 2.26. The second-order valence-corrected chi connectivity index (χ2v) is 10.9. The molecule has 0 aliphatic carbocycles. The monoisotopic (exact) mass is 467 g/mol. The van der Waals surface area contributed by atoms with E-state index in [9.17, 15) is 23.1 Å². The maximum absolute atomic E-state index is 12.3. The van der Waals surface area contributed by atoms with Crippen LogP contribution < -0.4 is 21.5 Å². The van der Waals surface area contributed by atoms with E-state index < -0.39 is 26.6 Å². The smallest absolute Gasteiger partial charge is 0.255 e. The Hall–Kier alpha value is -2.63. The Bertz CT molecular complexity index is 1260. The number of furan rings is 1. The minimum Gasteiger partial charge on any atom is -0.504 e. The summed E-state index contributed by atoms with van der Waals surface area (Å²) in [6.45, 7) is 6.00. The molecule has 0 amide bonds. The molecular weight excluding hydrogens is 442 g/mol. The van der Waals surface area contributed by atoms with Crippen molar-refractivity contribution < 1.29 is 17.9 Å². The van der Waals surface area contributed by atoms with Gasteiger partial charge >= 0.3 is 0 Å². The summed E-state index contributed by atoms with van der Waals surface area (Å²) in [5, 5.41) is 17.5. The molecule has 3 rings (SSSR count). The lowest BCUT2D eigenvalue weighted by atomic mass is 10.0. The fraction of sp³-hybridized carbons (Fsp3) is 0.400. The lowest BCUT2D eigenvalue weighted by Crippen LogP contribution is -2.37. The van der Waals surface area contributed by atoms with E-state index in [1.807, 2.05) is 26.8 Å². The molecule has 1 aromatic carbocycles. The van der Waals surface area contributed by atoms with Crippen molar-refractivity contribution in [2.24, 2.45) is 0 Å². The van der Waals surface area contributed by atoms with E-state index in [4.69, 9.17) is 4.42 Å². The minimum atomic E-state index is -3.85. The molecule has 168 valence electrons. The van der Waals surface area contributed by atoms with Crippen LogP contribution in [0.1, 0.15) is 50.5 Å². The highest BCUT2D eigenvalue weighted by atomic mass is 32.2. The molecule has 1 atom stereocenters. The summed E-state index contributed by atoms with van der Waals surface area (Å²) in [7, 11) is -1.14. The third-order valence-electron chi connectivity index (χ3n) is 4.99. The van der Waals surface area contributed by atoms with Gasteiger partial charge in [0.25, 0.3) is 20.9 Å². The van der Waals surface area contributed by atoms with Crippen molar-refractivity contribution in [3.8, 4) is 5.75 Å². The molecule has 0 fully saturated rings.